The van der Waals surface area contributed by atoms with E-state index in [4.69, 9.17) is 0 Å². The highest BCUT2D eigenvalue weighted by Crippen LogP contribution is 2.33. The molecular formula is C22H24N4O. The predicted molar refractivity (Wildman–Crippen MR) is 109 cm³/mol. The standard InChI is InChI=1S/C22H24N4O/c1-4-24-14-15-25(19-11-6-5-10-18(19)24)22(27)20-12-13-23-26(20)21-16(2)8-7-9-17(21)3/h5-13H,4,14-15H2,1-3H3. The van der Waals surface area contributed by atoms with Crippen molar-refractivity contribution in [3.63, 3.8) is 0 Å². The van der Waals surface area contributed by atoms with Crippen molar-refractivity contribution in [2.24, 2.45) is 0 Å². The maximum Gasteiger partial charge on any atom is 0.277 e. The molecule has 27 heavy (non-hydrogen) atoms. The first-order valence-corrected chi connectivity index (χ1v) is 9.38. The highest BCUT2D eigenvalue weighted by molar-refractivity contribution is 6.07. The molecule has 0 atom stereocenters. The number of hydrogen-bond donors (Lipinski definition) is 0. The third-order valence-electron chi connectivity index (χ3n) is 5.25. The molecule has 0 saturated carbocycles. The Labute approximate surface area is 159 Å². The van der Waals surface area contributed by atoms with Gasteiger partial charge < -0.3 is 9.80 Å². The molecule has 0 unspecified atom stereocenters. The van der Waals surface area contributed by atoms with Gasteiger partial charge in [0.25, 0.3) is 5.91 Å². The van der Waals surface area contributed by atoms with Crippen LogP contribution in [0.5, 0.6) is 0 Å². The minimum Gasteiger partial charge on any atom is -0.368 e. The number of hydrogen-bond acceptors (Lipinski definition) is 3. The fourth-order valence-corrected chi connectivity index (χ4v) is 3.88. The molecular weight excluding hydrogens is 336 g/mol. The van der Waals surface area contributed by atoms with Gasteiger partial charge in [0, 0.05) is 19.6 Å². The van der Waals surface area contributed by atoms with E-state index in [2.05, 4.69) is 23.0 Å². The quantitative estimate of drug-likeness (QED) is 0.709. The van der Waals surface area contributed by atoms with Crippen molar-refractivity contribution in [1.29, 1.82) is 0 Å². The maximum atomic E-state index is 13.5. The number of anilines is 2. The van der Waals surface area contributed by atoms with Gasteiger partial charge in [-0.2, -0.15) is 5.10 Å². The lowest BCUT2D eigenvalue weighted by Gasteiger charge is -2.37. The van der Waals surface area contributed by atoms with Gasteiger partial charge in [-0.3, -0.25) is 4.79 Å². The highest BCUT2D eigenvalue weighted by atomic mass is 16.2. The van der Waals surface area contributed by atoms with E-state index in [0.717, 1.165) is 41.3 Å². The van der Waals surface area contributed by atoms with Gasteiger partial charge in [-0.25, -0.2) is 4.68 Å². The molecule has 3 aromatic rings. The molecule has 0 saturated heterocycles. The second-order valence-corrected chi connectivity index (χ2v) is 6.89. The molecule has 0 spiro atoms. The van der Waals surface area contributed by atoms with Gasteiger partial charge >= 0.3 is 0 Å². The van der Waals surface area contributed by atoms with Gasteiger partial charge in [0.05, 0.1) is 23.3 Å². The molecule has 0 fully saturated rings. The van der Waals surface area contributed by atoms with E-state index in [1.165, 1.54) is 0 Å². The summed E-state index contributed by atoms with van der Waals surface area (Å²) in [6, 6.07) is 16.1. The molecule has 1 amide bonds. The van der Waals surface area contributed by atoms with Crippen molar-refractivity contribution in [2.75, 3.05) is 29.4 Å². The van der Waals surface area contributed by atoms with Crippen LogP contribution in [0.2, 0.25) is 0 Å². The number of rotatable bonds is 3. The average Bonchev–Trinajstić information content (AvgIpc) is 3.16. The van der Waals surface area contributed by atoms with E-state index < -0.39 is 0 Å². The lowest BCUT2D eigenvalue weighted by molar-refractivity contribution is 0.0979. The highest BCUT2D eigenvalue weighted by Gasteiger charge is 2.29. The number of amides is 1. The zero-order valence-corrected chi connectivity index (χ0v) is 16.0. The fourth-order valence-electron chi connectivity index (χ4n) is 3.88. The summed E-state index contributed by atoms with van der Waals surface area (Å²) in [6.07, 6.45) is 1.70. The van der Waals surface area contributed by atoms with Gasteiger partial charge in [-0.15, -0.1) is 0 Å². The summed E-state index contributed by atoms with van der Waals surface area (Å²) in [4.78, 5) is 17.7. The number of para-hydroxylation sites is 3. The number of aryl methyl sites for hydroxylation is 2. The van der Waals surface area contributed by atoms with Crippen molar-refractivity contribution in [1.82, 2.24) is 9.78 Å². The van der Waals surface area contributed by atoms with Crippen molar-refractivity contribution in [3.8, 4) is 5.69 Å². The SMILES string of the molecule is CCN1CCN(C(=O)c2ccnn2-c2c(C)cccc2C)c2ccccc21. The van der Waals surface area contributed by atoms with Crippen molar-refractivity contribution < 1.29 is 4.79 Å². The Hall–Kier alpha value is -3.08. The van der Waals surface area contributed by atoms with Gasteiger partial charge in [-0.1, -0.05) is 30.3 Å². The molecule has 1 aliphatic rings. The first kappa shape index (κ1) is 17.3. The largest absolute Gasteiger partial charge is 0.368 e. The first-order valence-electron chi connectivity index (χ1n) is 9.38. The number of carbonyl (C=O) groups excluding carboxylic acids is 1. The summed E-state index contributed by atoms with van der Waals surface area (Å²) in [5.74, 6) is -0.0154. The Morgan fingerprint density at radius 1 is 0.963 bits per heavy atom. The zero-order valence-electron chi connectivity index (χ0n) is 16.0. The first-order chi connectivity index (χ1) is 13.1. The van der Waals surface area contributed by atoms with Crippen molar-refractivity contribution in [2.45, 2.75) is 20.8 Å². The van der Waals surface area contributed by atoms with Gasteiger partial charge in [0.15, 0.2) is 0 Å². The number of aromatic nitrogens is 2. The lowest BCUT2D eigenvalue weighted by Crippen LogP contribution is -2.44. The minimum absolute atomic E-state index is 0.0154. The van der Waals surface area contributed by atoms with E-state index in [1.807, 2.05) is 61.2 Å². The number of benzene rings is 2. The van der Waals surface area contributed by atoms with E-state index >= 15 is 0 Å². The lowest BCUT2D eigenvalue weighted by atomic mass is 10.1. The fraction of sp³-hybridized carbons (Fsp3) is 0.273. The van der Waals surface area contributed by atoms with Gasteiger partial charge in [0.1, 0.15) is 5.69 Å². The zero-order chi connectivity index (χ0) is 19.0. The Morgan fingerprint density at radius 3 is 2.37 bits per heavy atom. The number of likely N-dealkylation sites (N-methyl/N-ethyl adjacent to an activating group) is 1. The van der Waals surface area contributed by atoms with Crippen LogP contribution >= 0.6 is 0 Å². The molecule has 5 nitrogen and oxygen atoms in total. The third-order valence-corrected chi connectivity index (χ3v) is 5.25. The summed E-state index contributed by atoms with van der Waals surface area (Å²) in [6.45, 7) is 8.67. The van der Waals surface area contributed by atoms with E-state index in [-0.39, 0.29) is 5.91 Å². The summed E-state index contributed by atoms with van der Waals surface area (Å²) < 4.78 is 1.78. The van der Waals surface area contributed by atoms with Crippen LogP contribution in [-0.4, -0.2) is 35.3 Å². The summed E-state index contributed by atoms with van der Waals surface area (Å²) in [5.41, 5.74) is 5.84. The molecule has 0 aliphatic carbocycles. The van der Waals surface area contributed by atoms with E-state index in [9.17, 15) is 4.79 Å². The summed E-state index contributed by atoms with van der Waals surface area (Å²) in [7, 11) is 0. The van der Waals surface area contributed by atoms with Gasteiger partial charge in [0.2, 0.25) is 0 Å². The predicted octanol–water partition coefficient (Wildman–Crippen LogP) is 3.98. The molecule has 4 rings (SSSR count). The molecule has 2 heterocycles. The summed E-state index contributed by atoms with van der Waals surface area (Å²) in [5, 5.41) is 4.47. The molecule has 1 aliphatic heterocycles. The molecule has 0 radical (unpaired) electrons. The van der Waals surface area contributed by atoms with Crippen molar-refractivity contribution >= 4 is 17.3 Å². The van der Waals surface area contributed by atoms with Crippen LogP contribution in [0.25, 0.3) is 5.69 Å². The average molecular weight is 360 g/mol. The van der Waals surface area contributed by atoms with Crippen molar-refractivity contribution in [3.05, 3.63) is 71.5 Å². The smallest absolute Gasteiger partial charge is 0.277 e. The van der Waals surface area contributed by atoms with Crippen LogP contribution in [0.1, 0.15) is 28.5 Å². The number of carbonyl (C=O) groups is 1. The van der Waals surface area contributed by atoms with Crippen LogP contribution in [0.15, 0.2) is 54.7 Å². The second kappa shape index (κ2) is 6.91. The Balaban J connectivity index is 1.77. The molecule has 1 aromatic heterocycles. The molecule has 0 N–H and O–H groups in total. The van der Waals surface area contributed by atoms with Crippen LogP contribution in [-0.2, 0) is 0 Å². The molecule has 5 heteroatoms. The van der Waals surface area contributed by atoms with Crippen LogP contribution in [0, 0.1) is 13.8 Å². The van der Waals surface area contributed by atoms with E-state index in [1.54, 1.807) is 10.9 Å². The Morgan fingerprint density at radius 2 is 1.67 bits per heavy atom. The van der Waals surface area contributed by atoms with Crippen LogP contribution in [0.4, 0.5) is 11.4 Å². The maximum absolute atomic E-state index is 13.5. The van der Waals surface area contributed by atoms with Gasteiger partial charge in [-0.05, 0) is 50.1 Å². The summed E-state index contributed by atoms with van der Waals surface area (Å²) >= 11 is 0. The monoisotopic (exact) mass is 360 g/mol. The topological polar surface area (TPSA) is 41.4 Å². The second-order valence-electron chi connectivity index (χ2n) is 6.89. The molecule has 138 valence electrons. The Bertz CT molecular complexity index is 971. The molecule has 2 aromatic carbocycles. The molecule has 0 bridgehead atoms. The van der Waals surface area contributed by atoms with Crippen LogP contribution < -0.4 is 9.80 Å². The Kier molecular flexibility index (Phi) is 4.44. The third kappa shape index (κ3) is 2.89. The van der Waals surface area contributed by atoms with Crippen LogP contribution in [0.3, 0.4) is 0 Å². The minimum atomic E-state index is -0.0154. The number of nitrogens with zero attached hydrogens (tertiary/aromatic N) is 4. The number of fused-ring (bicyclic) bond motifs is 1. The normalized spacial score (nSPS) is 13.6. The van der Waals surface area contributed by atoms with E-state index in [0.29, 0.717) is 12.2 Å².